The fraction of sp³-hybridized carbons (Fsp3) is 0.571. The maximum atomic E-state index is 11.3. The number of anilines is 1. The molecular formula is C14H20ClN3O2. The minimum Gasteiger partial charge on any atom is -0.478 e. The lowest BCUT2D eigenvalue weighted by Crippen LogP contribution is -2.45. The number of piperidine rings is 1. The first-order chi connectivity index (χ1) is 9.72. The maximum absolute atomic E-state index is 11.3. The van der Waals surface area contributed by atoms with Crippen LogP contribution in [0, 0.1) is 0 Å². The van der Waals surface area contributed by atoms with Gasteiger partial charge in [-0.3, -0.25) is 4.79 Å². The van der Waals surface area contributed by atoms with E-state index in [2.05, 4.69) is 15.2 Å². The summed E-state index contributed by atoms with van der Waals surface area (Å²) < 4.78 is 5.42. The van der Waals surface area contributed by atoms with E-state index in [9.17, 15) is 4.79 Å². The van der Waals surface area contributed by atoms with Gasteiger partial charge in [-0.1, -0.05) is 6.07 Å². The molecule has 1 aliphatic rings. The van der Waals surface area contributed by atoms with Crippen molar-refractivity contribution >= 4 is 23.3 Å². The lowest BCUT2D eigenvalue weighted by atomic mass is 10.1. The molecule has 0 spiro atoms. The number of aromatic nitrogens is 1. The van der Waals surface area contributed by atoms with Crippen molar-refractivity contribution in [2.75, 3.05) is 30.5 Å². The van der Waals surface area contributed by atoms with Crippen LogP contribution in [0.5, 0.6) is 5.88 Å². The molecule has 0 aliphatic carbocycles. The largest absolute Gasteiger partial charge is 0.478 e. The molecule has 1 aliphatic heterocycles. The topological polar surface area (TPSA) is 54.5 Å². The van der Waals surface area contributed by atoms with Crippen molar-refractivity contribution in [1.82, 2.24) is 10.3 Å². The van der Waals surface area contributed by atoms with Crippen LogP contribution in [-0.2, 0) is 4.79 Å². The molecule has 0 aromatic carbocycles. The van der Waals surface area contributed by atoms with Crippen molar-refractivity contribution < 1.29 is 9.53 Å². The summed E-state index contributed by atoms with van der Waals surface area (Å²) in [5, 5.41) is 2.93. The Kier molecular flexibility index (Phi) is 5.47. The van der Waals surface area contributed by atoms with Gasteiger partial charge in [-0.2, -0.15) is 4.98 Å². The first kappa shape index (κ1) is 14.9. The third-order valence-corrected chi connectivity index (χ3v) is 3.55. The molecule has 0 saturated carbocycles. The van der Waals surface area contributed by atoms with Crippen LogP contribution in [0.15, 0.2) is 18.2 Å². The van der Waals surface area contributed by atoms with E-state index in [0.29, 0.717) is 12.5 Å². The van der Waals surface area contributed by atoms with Crippen LogP contribution >= 0.6 is 11.6 Å². The smallest absolute Gasteiger partial charge is 0.235 e. The number of hydrogen-bond acceptors (Lipinski definition) is 4. The lowest BCUT2D eigenvalue weighted by molar-refractivity contribution is -0.119. The fourth-order valence-corrected chi connectivity index (χ4v) is 2.40. The van der Waals surface area contributed by atoms with E-state index in [4.69, 9.17) is 16.3 Å². The van der Waals surface area contributed by atoms with Crippen LogP contribution in [0.3, 0.4) is 0 Å². The Hall–Kier alpha value is -1.49. The molecule has 1 N–H and O–H groups in total. The normalized spacial score (nSPS) is 16.0. The van der Waals surface area contributed by atoms with Gasteiger partial charge in [-0.25, -0.2) is 0 Å². The fourth-order valence-electron chi connectivity index (χ4n) is 2.33. The average Bonchev–Trinajstić information content (AvgIpc) is 2.48. The summed E-state index contributed by atoms with van der Waals surface area (Å²) >= 11 is 5.50. The molecule has 6 heteroatoms. The number of ether oxygens (including phenoxy) is 1. The van der Waals surface area contributed by atoms with E-state index in [0.717, 1.165) is 31.7 Å². The first-order valence-corrected chi connectivity index (χ1v) is 7.46. The number of carbonyl (C=O) groups excluding carboxylic acids is 1. The van der Waals surface area contributed by atoms with Crippen molar-refractivity contribution in [2.45, 2.75) is 25.8 Å². The molecule has 0 radical (unpaired) electrons. The number of nitrogens with one attached hydrogen (secondary N) is 1. The van der Waals surface area contributed by atoms with Crippen molar-refractivity contribution in [3.63, 3.8) is 0 Å². The molecule has 1 aromatic rings. The second kappa shape index (κ2) is 7.33. The Morgan fingerprint density at radius 3 is 2.90 bits per heavy atom. The minimum absolute atomic E-state index is 0.0260. The highest BCUT2D eigenvalue weighted by Crippen LogP contribution is 2.20. The Balaban J connectivity index is 1.90. The number of nitrogens with zero attached hydrogens (tertiary/aromatic N) is 2. The summed E-state index contributed by atoms with van der Waals surface area (Å²) in [6.45, 7) is 4.30. The number of rotatable bonds is 5. The van der Waals surface area contributed by atoms with Gasteiger partial charge in [0.15, 0.2) is 0 Å². The number of alkyl halides is 1. The van der Waals surface area contributed by atoms with Gasteiger partial charge in [0.1, 0.15) is 11.7 Å². The van der Waals surface area contributed by atoms with E-state index in [1.165, 1.54) is 0 Å². The zero-order valence-electron chi connectivity index (χ0n) is 11.6. The zero-order valence-corrected chi connectivity index (χ0v) is 12.4. The minimum atomic E-state index is -0.0958. The molecule has 0 bridgehead atoms. The van der Waals surface area contributed by atoms with Gasteiger partial charge in [0.25, 0.3) is 0 Å². The van der Waals surface area contributed by atoms with Crippen LogP contribution in [-0.4, -0.2) is 42.5 Å². The predicted molar refractivity (Wildman–Crippen MR) is 79.5 cm³/mol. The van der Waals surface area contributed by atoms with Crippen molar-refractivity contribution in [1.29, 1.82) is 0 Å². The Bertz CT molecular complexity index is 448. The summed E-state index contributed by atoms with van der Waals surface area (Å²) in [5.74, 6) is 1.51. The summed E-state index contributed by atoms with van der Waals surface area (Å²) in [6.07, 6.45) is 1.81. The third-order valence-electron chi connectivity index (χ3n) is 3.31. The first-order valence-electron chi connectivity index (χ1n) is 6.93. The van der Waals surface area contributed by atoms with Crippen LogP contribution < -0.4 is 15.0 Å². The van der Waals surface area contributed by atoms with Crippen LogP contribution in [0.4, 0.5) is 5.82 Å². The number of hydrogen-bond donors (Lipinski definition) is 1. The van der Waals surface area contributed by atoms with Gasteiger partial charge in [0.05, 0.1) is 6.61 Å². The van der Waals surface area contributed by atoms with E-state index >= 15 is 0 Å². The molecule has 0 unspecified atom stereocenters. The standard InChI is InChI=1S/C14H20ClN3O2/c1-2-20-14-5-3-4-12(17-14)18-8-6-11(7-9-18)16-13(19)10-15/h3-5,11H,2,6-10H2,1H3,(H,16,19). The Morgan fingerprint density at radius 2 is 2.25 bits per heavy atom. The van der Waals surface area contributed by atoms with E-state index in [1.807, 2.05) is 25.1 Å². The van der Waals surface area contributed by atoms with E-state index in [-0.39, 0.29) is 17.8 Å². The van der Waals surface area contributed by atoms with Gasteiger partial charge in [0.2, 0.25) is 11.8 Å². The average molecular weight is 298 g/mol. The Morgan fingerprint density at radius 1 is 1.50 bits per heavy atom. The van der Waals surface area contributed by atoms with Gasteiger partial charge in [-0.15, -0.1) is 11.6 Å². The number of carbonyl (C=O) groups is 1. The molecule has 2 heterocycles. The highest BCUT2D eigenvalue weighted by Gasteiger charge is 2.21. The van der Waals surface area contributed by atoms with Crippen LogP contribution in [0.1, 0.15) is 19.8 Å². The second-order valence-corrected chi connectivity index (χ2v) is 5.00. The number of pyridine rings is 1. The lowest BCUT2D eigenvalue weighted by Gasteiger charge is -2.33. The quantitative estimate of drug-likeness (QED) is 0.842. The molecule has 2 rings (SSSR count). The maximum Gasteiger partial charge on any atom is 0.235 e. The van der Waals surface area contributed by atoms with Gasteiger partial charge in [-0.05, 0) is 25.8 Å². The van der Waals surface area contributed by atoms with E-state index < -0.39 is 0 Å². The highest BCUT2D eigenvalue weighted by molar-refractivity contribution is 6.27. The Labute approximate surface area is 124 Å². The van der Waals surface area contributed by atoms with Gasteiger partial charge < -0.3 is 15.0 Å². The molecule has 1 amide bonds. The van der Waals surface area contributed by atoms with Gasteiger partial charge in [0, 0.05) is 25.2 Å². The molecule has 5 nitrogen and oxygen atoms in total. The molecule has 1 saturated heterocycles. The highest BCUT2D eigenvalue weighted by atomic mass is 35.5. The molecule has 1 fully saturated rings. The second-order valence-electron chi connectivity index (χ2n) is 4.73. The molecule has 20 heavy (non-hydrogen) atoms. The molecule has 110 valence electrons. The third kappa shape index (κ3) is 4.00. The van der Waals surface area contributed by atoms with Gasteiger partial charge >= 0.3 is 0 Å². The summed E-state index contributed by atoms with van der Waals surface area (Å²) in [5.41, 5.74) is 0. The molecule has 0 atom stereocenters. The van der Waals surface area contributed by atoms with Crippen molar-refractivity contribution in [2.24, 2.45) is 0 Å². The number of amides is 1. The monoisotopic (exact) mass is 297 g/mol. The predicted octanol–water partition coefficient (Wildman–Crippen LogP) is 1.80. The molecular weight excluding hydrogens is 278 g/mol. The number of halogens is 1. The van der Waals surface area contributed by atoms with E-state index in [1.54, 1.807) is 0 Å². The summed E-state index contributed by atoms with van der Waals surface area (Å²) in [7, 11) is 0. The van der Waals surface area contributed by atoms with Crippen LogP contribution in [0.2, 0.25) is 0 Å². The molecule has 1 aromatic heterocycles. The van der Waals surface area contributed by atoms with Crippen molar-refractivity contribution in [3.8, 4) is 5.88 Å². The summed E-state index contributed by atoms with van der Waals surface area (Å²) in [6, 6.07) is 6.02. The summed E-state index contributed by atoms with van der Waals surface area (Å²) in [4.78, 5) is 18.0. The van der Waals surface area contributed by atoms with Crippen LogP contribution in [0.25, 0.3) is 0 Å². The zero-order chi connectivity index (χ0) is 14.4. The SMILES string of the molecule is CCOc1cccc(N2CCC(NC(=O)CCl)CC2)n1. The van der Waals surface area contributed by atoms with Crippen molar-refractivity contribution in [3.05, 3.63) is 18.2 Å².